The summed E-state index contributed by atoms with van der Waals surface area (Å²) in [5, 5.41) is 22.3. The van der Waals surface area contributed by atoms with Crippen LogP contribution in [-0.4, -0.2) is 137 Å². The van der Waals surface area contributed by atoms with Gasteiger partial charge < -0.3 is 39.4 Å². The van der Waals surface area contributed by atoms with Crippen molar-refractivity contribution in [3.63, 3.8) is 0 Å². The maximum absolute atomic E-state index is 13.3. The highest BCUT2D eigenvalue weighted by Gasteiger charge is 2.85. The molecule has 2 aromatic rings. The summed E-state index contributed by atoms with van der Waals surface area (Å²) in [6.07, 6.45) is -13.5. The highest BCUT2D eigenvalue weighted by atomic mass is 33.1. The van der Waals surface area contributed by atoms with E-state index in [1.807, 2.05) is 27.7 Å². The van der Waals surface area contributed by atoms with Gasteiger partial charge in [-0.2, -0.15) is 39.5 Å². The molecule has 2 saturated carbocycles. The molecule has 4 N–H and O–H groups in total. The summed E-state index contributed by atoms with van der Waals surface area (Å²) in [6, 6.07) is 6.31. The van der Waals surface area contributed by atoms with Crippen LogP contribution in [0.2, 0.25) is 0 Å². The van der Waals surface area contributed by atoms with Gasteiger partial charge in [-0.05, 0) is 144 Å². The molecule has 8 atom stereocenters. The molecule has 6 rings (SSSR count). The third-order valence-corrected chi connectivity index (χ3v) is 18.9. The van der Waals surface area contributed by atoms with E-state index in [2.05, 4.69) is 59.9 Å². The minimum Gasteiger partial charge on any atom is -0.492 e. The van der Waals surface area contributed by atoms with Crippen molar-refractivity contribution in [2.24, 2.45) is 17.3 Å². The Morgan fingerprint density at radius 2 is 1.69 bits per heavy atom. The predicted molar refractivity (Wildman–Crippen MR) is 262 cm³/mol. The molecule has 1 aromatic carbocycles. The SMILES string of the molecule is CN(CCOc1ccc2c(c1)CCC1C2CC[C@]2(C)[C@@H](OCCCOC(C(F)(F)F)(C(F)(F)F)C(F)(F)F)CC[C@@H]12)CCC(C)(C)SSCCCCCNC(=O)CCc1cn([C@H]2C[C@H](O)[C@@H](CO)O2)c(=O)[nH]c1=O. The number of halogens is 9. The number of aryl methyl sites for hydroxylation is 2. The van der Waals surface area contributed by atoms with Crippen molar-refractivity contribution in [1.29, 1.82) is 0 Å². The Balaban J connectivity index is 0.824. The van der Waals surface area contributed by atoms with Gasteiger partial charge in [0.15, 0.2) is 0 Å². The van der Waals surface area contributed by atoms with Crippen molar-refractivity contribution in [3.05, 3.63) is 61.9 Å². The van der Waals surface area contributed by atoms with Crippen LogP contribution >= 0.6 is 21.6 Å². The molecule has 2 unspecified atom stereocenters. The molecule has 3 fully saturated rings. The van der Waals surface area contributed by atoms with Gasteiger partial charge in [0.1, 0.15) is 24.7 Å². The van der Waals surface area contributed by atoms with E-state index < -0.39 is 73.4 Å². The lowest BCUT2D eigenvalue weighted by Gasteiger charge is -2.50. The lowest BCUT2D eigenvalue weighted by atomic mass is 9.55. The molecule has 1 aromatic heterocycles. The van der Waals surface area contributed by atoms with Crippen LogP contribution in [0.4, 0.5) is 39.5 Å². The van der Waals surface area contributed by atoms with Gasteiger partial charge in [-0.1, -0.05) is 41.0 Å². The Hall–Kier alpha value is -3.00. The number of aliphatic hydroxyl groups is 2. The number of ether oxygens (including phenoxy) is 4. The molecular formula is C50H71F9N4O9S2. The number of hydrogen-bond acceptors (Lipinski definition) is 12. The van der Waals surface area contributed by atoms with Gasteiger partial charge in [0.2, 0.25) is 5.91 Å². The summed E-state index contributed by atoms with van der Waals surface area (Å²) < 4.78 is 142. The Kier molecular flexibility index (Phi) is 20.5. The second-order valence-corrected chi connectivity index (χ2v) is 24.2. The average Bonchev–Trinajstić information content (AvgIpc) is 3.86. The second kappa shape index (κ2) is 25.2. The lowest BCUT2D eigenvalue weighted by Crippen LogP contribution is -2.67. The molecule has 1 amide bonds. The van der Waals surface area contributed by atoms with Crippen LogP contribution in [0.3, 0.4) is 0 Å². The van der Waals surface area contributed by atoms with E-state index in [4.69, 9.17) is 14.2 Å². The molecule has 1 aliphatic heterocycles. The molecule has 0 bridgehead atoms. The minimum atomic E-state index is -6.76. The largest absolute Gasteiger partial charge is 0.492 e. The van der Waals surface area contributed by atoms with E-state index in [0.717, 1.165) is 82.4 Å². The summed E-state index contributed by atoms with van der Waals surface area (Å²) in [4.78, 5) is 41.7. The van der Waals surface area contributed by atoms with Crippen LogP contribution in [0.15, 0.2) is 34.0 Å². The second-order valence-electron chi connectivity index (χ2n) is 21.0. The zero-order valence-corrected chi connectivity index (χ0v) is 43.9. The fourth-order valence-electron chi connectivity index (χ4n) is 11.2. The van der Waals surface area contributed by atoms with Gasteiger partial charge in [-0.3, -0.25) is 19.1 Å². The normalized spacial score (nSPS) is 25.5. The maximum atomic E-state index is 13.3. The van der Waals surface area contributed by atoms with Gasteiger partial charge in [-0.25, -0.2) is 4.79 Å². The van der Waals surface area contributed by atoms with E-state index in [1.54, 1.807) is 0 Å². The standard InChI is InChI=1S/C50H71F9N4O9S2/c1-45(2,74-73-26-7-5-6-20-60-41(66)16-10-32-29-63(44(68)61-43(32)67)42-28-38(65)39(30-64)72-42)19-21-62(4)22-25-69-33-11-13-34-31(27-33)9-12-36-35(34)17-18-46(3)37(36)14-15-40(46)70-23-8-24-71-47(48(51,52)53,49(54,55)56)50(57,58)59/h11,13,27,29,35-40,42,64-65H,5-10,12,14-26,28,30H2,1-4H3,(H,60,66)(H,61,67,68)/t35?,36?,37-,38-,39+,40-,42+,46-/m0/s1. The van der Waals surface area contributed by atoms with Gasteiger partial charge in [0.05, 0.1) is 25.4 Å². The zero-order chi connectivity index (χ0) is 54.3. The summed E-state index contributed by atoms with van der Waals surface area (Å²) in [7, 11) is 5.80. The monoisotopic (exact) mass is 1110 g/mol. The molecule has 0 spiro atoms. The van der Waals surface area contributed by atoms with Gasteiger partial charge in [-0.15, -0.1) is 0 Å². The number of aromatic amines is 1. The number of amides is 1. The van der Waals surface area contributed by atoms with Crippen LogP contribution in [0.1, 0.15) is 127 Å². The first-order valence-corrected chi connectivity index (χ1v) is 27.8. The first kappa shape index (κ1) is 60.2. The highest BCUT2D eigenvalue weighted by molar-refractivity contribution is 8.77. The number of nitrogens with zero attached hydrogens (tertiary/aromatic N) is 2. The molecule has 74 heavy (non-hydrogen) atoms. The van der Waals surface area contributed by atoms with Crippen LogP contribution in [-0.2, 0) is 31.8 Å². The number of hydrogen-bond donors (Lipinski definition) is 4. The topological polar surface area (TPSA) is 165 Å². The predicted octanol–water partition coefficient (Wildman–Crippen LogP) is 9.03. The van der Waals surface area contributed by atoms with Crippen LogP contribution in [0.25, 0.3) is 0 Å². The molecule has 24 heteroatoms. The fraction of sp³-hybridized carbons (Fsp3) is 0.780. The molecule has 420 valence electrons. The quantitative estimate of drug-likeness (QED) is 0.0402. The van der Waals surface area contributed by atoms with Gasteiger partial charge in [0, 0.05) is 54.8 Å². The van der Waals surface area contributed by atoms with Gasteiger partial charge in [0.25, 0.3) is 5.56 Å². The average molecular weight is 1110 g/mol. The van der Waals surface area contributed by atoms with Crippen molar-refractivity contribution in [3.8, 4) is 5.75 Å². The smallest absolute Gasteiger partial charge is 0.435 e. The van der Waals surface area contributed by atoms with E-state index in [9.17, 15) is 64.1 Å². The number of carbonyl (C=O) groups is 1. The van der Waals surface area contributed by atoms with Crippen molar-refractivity contribution in [1.82, 2.24) is 19.8 Å². The Morgan fingerprint density at radius 3 is 2.38 bits per heavy atom. The minimum absolute atomic E-state index is 0.0483. The molecule has 1 saturated heterocycles. The Morgan fingerprint density at radius 1 is 0.959 bits per heavy atom. The number of carbonyl (C=O) groups excluding carboxylic acids is 1. The molecule has 0 radical (unpaired) electrons. The number of unbranched alkanes of at least 4 members (excludes halogenated alkanes) is 2. The summed E-state index contributed by atoms with van der Waals surface area (Å²) in [5.74, 6) is 2.54. The molecule has 3 aliphatic carbocycles. The lowest BCUT2D eigenvalue weighted by molar-refractivity contribution is -0.457. The number of aliphatic hydroxyl groups excluding tert-OH is 2. The highest BCUT2D eigenvalue weighted by Crippen LogP contribution is 2.62. The van der Waals surface area contributed by atoms with Crippen molar-refractivity contribution in [2.45, 2.75) is 170 Å². The van der Waals surface area contributed by atoms with E-state index in [-0.39, 0.29) is 59.5 Å². The number of likely N-dealkylation sites (N-methyl/N-ethyl adjacent to an activating group) is 1. The Bertz CT molecular complexity index is 2250. The number of benzene rings is 1. The molecule has 13 nitrogen and oxygen atoms in total. The Labute approximate surface area is 433 Å². The summed E-state index contributed by atoms with van der Waals surface area (Å²) >= 11 is 0. The number of alkyl halides is 9. The number of H-pyrrole nitrogens is 1. The first-order valence-electron chi connectivity index (χ1n) is 25.5. The summed E-state index contributed by atoms with van der Waals surface area (Å²) in [5.41, 5.74) is -5.05. The van der Waals surface area contributed by atoms with Crippen LogP contribution < -0.4 is 21.3 Å². The number of nitrogens with one attached hydrogen (secondary N) is 2. The van der Waals surface area contributed by atoms with Crippen LogP contribution in [0, 0.1) is 17.3 Å². The van der Waals surface area contributed by atoms with Gasteiger partial charge >= 0.3 is 29.8 Å². The molecule has 2 heterocycles. The van der Waals surface area contributed by atoms with E-state index in [0.29, 0.717) is 31.4 Å². The van der Waals surface area contributed by atoms with Crippen LogP contribution in [0.5, 0.6) is 5.75 Å². The first-order chi connectivity index (χ1) is 34.7. The van der Waals surface area contributed by atoms with Crippen molar-refractivity contribution >= 4 is 27.5 Å². The fourth-order valence-corrected chi connectivity index (χ4v) is 14.0. The maximum Gasteiger partial charge on any atom is 0.435 e. The van der Waals surface area contributed by atoms with Crippen molar-refractivity contribution in [2.75, 3.05) is 58.9 Å². The summed E-state index contributed by atoms with van der Waals surface area (Å²) in [6.45, 7) is 7.09. The van der Waals surface area contributed by atoms with E-state index in [1.165, 1.54) is 21.9 Å². The zero-order valence-electron chi connectivity index (χ0n) is 42.3. The van der Waals surface area contributed by atoms with Crippen molar-refractivity contribution < 1.29 is 73.5 Å². The van der Waals surface area contributed by atoms with E-state index >= 15 is 0 Å². The number of rotatable bonds is 26. The molecular weight excluding hydrogens is 1040 g/mol. The number of aromatic nitrogens is 2. The third kappa shape index (κ3) is 14.4. The number of fused-ring (bicyclic) bond motifs is 5. The molecule has 4 aliphatic rings. The third-order valence-electron chi connectivity index (χ3n) is 15.4.